The summed E-state index contributed by atoms with van der Waals surface area (Å²) in [6, 6.07) is 71.4. The van der Waals surface area contributed by atoms with Gasteiger partial charge in [-0.2, -0.15) is 0 Å². The van der Waals surface area contributed by atoms with Gasteiger partial charge in [0.25, 0.3) is 0 Å². The first kappa shape index (κ1) is 34.1. The first-order valence-electron chi connectivity index (χ1n) is 19.8. The summed E-state index contributed by atoms with van der Waals surface area (Å²) in [5, 5.41) is 10.2. The molecule has 0 saturated carbocycles. The molecule has 58 heavy (non-hydrogen) atoms. The van der Waals surface area contributed by atoms with Gasteiger partial charge in [0.05, 0.1) is 22.1 Å². The Morgan fingerprint density at radius 2 is 1.00 bits per heavy atom. The first-order valence-corrected chi connectivity index (χ1v) is 20.6. The molecule has 0 fully saturated rings. The Morgan fingerprint density at radius 1 is 0.414 bits per heavy atom. The minimum absolute atomic E-state index is 1.16. The second kappa shape index (κ2) is 13.8. The Hall–Kier alpha value is -7.20. The van der Waals surface area contributed by atoms with Crippen LogP contribution in [0.5, 0.6) is 0 Å². The van der Waals surface area contributed by atoms with Gasteiger partial charge in [-0.1, -0.05) is 140 Å². The predicted molar refractivity (Wildman–Crippen MR) is 252 cm³/mol. The zero-order valence-electron chi connectivity index (χ0n) is 32.1. The number of allylic oxidation sites excluding steroid dienone is 1. The van der Waals surface area contributed by atoms with E-state index in [-0.39, 0.29) is 0 Å². The minimum atomic E-state index is 1.16. The van der Waals surface area contributed by atoms with Gasteiger partial charge in [0.15, 0.2) is 0 Å². The topological polar surface area (TPSA) is 9.86 Å². The average Bonchev–Trinajstić information content (AvgIpc) is 3.94. The molecule has 0 aliphatic carbocycles. The molecule has 9 aromatic carbocycles. The van der Waals surface area contributed by atoms with Gasteiger partial charge < -0.3 is 9.13 Å². The molecule has 12 rings (SSSR count). The van der Waals surface area contributed by atoms with Crippen LogP contribution in [0.1, 0.15) is 6.92 Å². The van der Waals surface area contributed by atoms with Crippen molar-refractivity contribution in [3.63, 3.8) is 0 Å². The molecule has 0 spiro atoms. The molecule has 3 heterocycles. The Bertz CT molecular complexity index is 3530. The molecule has 12 aromatic rings. The Balaban J connectivity index is 0.00000125. The van der Waals surface area contributed by atoms with Crippen molar-refractivity contribution in [3.8, 4) is 33.6 Å². The van der Waals surface area contributed by atoms with Crippen LogP contribution in [-0.4, -0.2) is 9.13 Å². The fraction of sp³-hybridized carbons (Fsp3) is 0.0182. The van der Waals surface area contributed by atoms with E-state index in [4.69, 9.17) is 0 Å². The van der Waals surface area contributed by atoms with Crippen LogP contribution in [0.2, 0.25) is 0 Å². The quantitative estimate of drug-likeness (QED) is 0.158. The SMILES string of the molecule is C=CC.c1ccc(-c2ccc(-n3c4ccccc4c4cc(-c5cc6sc7ccccc7c6c6c5c5ccccc5n6-c5ccc6ccccc6c5)ccc43)cc2)cc1. The molecule has 0 saturated heterocycles. The van der Waals surface area contributed by atoms with Crippen molar-refractivity contribution < 1.29 is 0 Å². The van der Waals surface area contributed by atoms with Gasteiger partial charge in [-0.3, -0.25) is 0 Å². The lowest BCUT2D eigenvalue weighted by Gasteiger charge is -2.12. The molecule has 0 atom stereocenters. The smallest absolute Gasteiger partial charge is 0.0640 e. The van der Waals surface area contributed by atoms with Crippen molar-refractivity contribution in [2.45, 2.75) is 6.92 Å². The fourth-order valence-electron chi connectivity index (χ4n) is 9.03. The number of rotatable bonds is 4. The van der Waals surface area contributed by atoms with E-state index in [2.05, 4.69) is 210 Å². The van der Waals surface area contributed by atoms with Gasteiger partial charge in [-0.15, -0.1) is 17.9 Å². The van der Waals surface area contributed by atoms with E-state index in [0.29, 0.717) is 0 Å². The molecule has 0 amide bonds. The number of hydrogen-bond acceptors (Lipinski definition) is 1. The van der Waals surface area contributed by atoms with Gasteiger partial charge in [0.1, 0.15) is 0 Å². The van der Waals surface area contributed by atoms with Crippen LogP contribution >= 0.6 is 11.3 Å². The van der Waals surface area contributed by atoms with Crippen LogP contribution in [0.3, 0.4) is 0 Å². The Kier molecular flexibility index (Phi) is 8.09. The molecule has 0 N–H and O–H groups in total. The van der Waals surface area contributed by atoms with E-state index in [1.807, 2.05) is 18.3 Å². The summed E-state index contributed by atoms with van der Waals surface area (Å²) >= 11 is 1.89. The van der Waals surface area contributed by atoms with E-state index in [9.17, 15) is 0 Å². The molecule has 0 unspecified atom stereocenters. The van der Waals surface area contributed by atoms with Crippen LogP contribution in [0.15, 0.2) is 207 Å². The van der Waals surface area contributed by atoms with Crippen molar-refractivity contribution in [1.82, 2.24) is 9.13 Å². The normalized spacial score (nSPS) is 11.6. The molecular formula is C55H38N2S. The summed E-state index contributed by atoms with van der Waals surface area (Å²) in [4.78, 5) is 0. The molecule has 3 aromatic heterocycles. The van der Waals surface area contributed by atoms with Gasteiger partial charge in [0, 0.05) is 53.1 Å². The maximum atomic E-state index is 3.36. The van der Waals surface area contributed by atoms with E-state index in [1.165, 1.54) is 102 Å². The predicted octanol–water partition coefficient (Wildman–Crippen LogP) is 15.9. The largest absolute Gasteiger partial charge is 0.309 e. The van der Waals surface area contributed by atoms with Gasteiger partial charge >= 0.3 is 0 Å². The number of hydrogen-bond donors (Lipinski definition) is 0. The summed E-state index contributed by atoms with van der Waals surface area (Å²) in [6.45, 7) is 5.25. The Morgan fingerprint density at radius 3 is 1.79 bits per heavy atom. The number of fused-ring (bicyclic) bond motifs is 11. The van der Waals surface area contributed by atoms with Crippen LogP contribution in [0.25, 0.3) is 108 Å². The van der Waals surface area contributed by atoms with Crippen molar-refractivity contribution in [2.75, 3.05) is 0 Å². The number of nitrogens with zero attached hydrogens (tertiary/aromatic N) is 2. The fourth-order valence-corrected chi connectivity index (χ4v) is 10.2. The summed E-state index contributed by atoms with van der Waals surface area (Å²) in [5.41, 5.74) is 12.2. The van der Waals surface area contributed by atoms with Gasteiger partial charge in [-0.05, 0) is 101 Å². The third kappa shape index (κ3) is 5.32. The van der Waals surface area contributed by atoms with Gasteiger partial charge in [0.2, 0.25) is 0 Å². The molecule has 0 aliphatic heterocycles. The average molecular weight is 759 g/mol. The van der Waals surface area contributed by atoms with Crippen LogP contribution in [0, 0.1) is 0 Å². The number of thiophene rings is 1. The highest BCUT2D eigenvalue weighted by atomic mass is 32.1. The molecule has 274 valence electrons. The summed E-state index contributed by atoms with van der Waals surface area (Å²) < 4.78 is 7.54. The Labute approximate surface area is 340 Å². The van der Waals surface area contributed by atoms with E-state index >= 15 is 0 Å². The molecular weight excluding hydrogens is 721 g/mol. The zero-order valence-corrected chi connectivity index (χ0v) is 32.9. The van der Waals surface area contributed by atoms with E-state index < -0.39 is 0 Å². The third-order valence-electron chi connectivity index (χ3n) is 11.5. The van der Waals surface area contributed by atoms with Crippen molar-refractivity contribution >= 4 is 85.9 Å². The lowest BCUT2D eigenvalue weighted by molar-refractivity contribution is 1.18. The highest BCUT2D eigenvalue weighted by molar-refractivity contribution is 7.26. The van der Waals surface area contributed by atoms with Crippen molar-refractivity contribution in [2.24, 2.45) is 0 Å². The number of aromatic nitrogens is 2. The van der Waals surface area contributed by atoms with Crippen molar-refractivity contribution in [3.05, 3.63) is 207 Å². The summed E-state index contributed by atoms with van der Waals surface area (Å²) in [5.74, 6) is 0. The first-order chi connectivity index (χ1) is 28.7. The summed E-state index contributed by atoms with van der Waals surface area (Å²) in [6.07, 6.45) is 1.75. The second-order valence-electron chi connectivity index (χ2n) is 14.9. The standard InChI is InChI=1S/C52H32N2S.C3H6/c1-2-12-33(13-3-1)35-22-26-38(27-23-35)53-45-19-9-6-16-40(45)44-31-37(25-29-47(44)53)43-32-49-51(42-18-8-11-21-48(42)55-49)52-50(43)41-17-7-10-20-46(41)54(52)39-28-24-34-14-4-5-15-36(34)30-39;1-3-2/h1-32H;3H,1H2,2H3. The number of para-hydroxylation sites is 2. The maximum absolute atomic E-state index is 3.36. The van der Waals surface area contributed by atoms with Crippen LogP contribution in [-0.2, 0) is 0 Å². The minimum Gasteiger partial charge on any atom is -0.309 e. The third-order valence-corrected chi connectivity index (χ3v) is 12.6. The van der Waals surface area contributed by atoms with Crippen molar-refractivity contribution in [1.29, 1.82) is 0 Å². The molecule has 3 heteroatoms. The lowest BCUT2D eigenvalue weighted by Crippen LogP contribution is -1.95. The summed E-state index contributed by atoms with van der Waals surface area (Å²) in [7, 11) is 0. The van der Waals surface area contributed by atoms with Crippen LogP contribution in [0.4, 0.5) is 0 Å². The van der Waals surface area contributed by atoms with Crippen LogP contribution < -0.4 is 0 Å². The highest BCUT2D eigenvalue weighted by Crippen LogP contribution is 2.48. The zero-order chi connectivity index (χ0) is 38.7. The lowest BCUT2D eigenvalue weighted by atomic mass is 9.96. The molecule has 0 bridgehead atoms. The van der Waals surface area contributed by atoms with Gasteiger partial charge in [-0.25, -0.2) is 0 Å². The highest BCUT2D eigenvalue weighted by Gasteiger charge is 2.23. The van der Waals surface area contributed by atoms with E-state index in [0.717, 1.165) is 5.69 Å². The monoisotopic (exact) mass is 758 g/mol. The number of benzene rings is 9. The molecule has 0 aliphatic rings. The maximum Gasteiger partial charge on any atom is 0.0640 e. The van der Waals surface area contributed by atoms with E-state index in [1.54, 1.807) is 6.08 Å². The molecule has 0 radical (unpaired) electrons. The molecule has 2 nitrogen and oxygen atoms in total. The second-order valence-corrected chi connectivity index (χ2v) is 16.0.